The van der Waals surface area contributed by atoms with E-state index in [9.17, 15) is 0 Å². The van der Waals surface area contributed by atoms with Crippen molar-refractivity contribution in [2.24, 2.45) is 0 Å². The fraction of sp³-hybridized carbons (Fsp3) is 0. The zero-order chi connectivity index (χ0) is 3.58. The van der Waals surface area contributed by atoms with Crippen LogP contribution in [0.5, 0.6) is 0 Å². The van der Waals surface area contributed by atoms with Crippen LogP contribution in [-0.4, -0.2) is 5.11 Å². The van der Waals surface area contributed by atoms with E-state index in [-0.39, 0.29) is 5.76 Å². The van der Waals surface area contributed by atoms with Crippen LogP contribution in [0.3, 0.4) is 0 Å². The Hall–Kier alpha value is -0.460. The van der Waals surface area contributed by atoms with E-state index in [0.29, 0.717) is 0 Å². The lowest BCUT2D eigenvalue weighted by atomic mass is 10.7. The van der Waals surface area contributed by atoms with Crippen LogP contribution in [0.25, 0.3) is 0 Å². The molecule has 0 bridgehead atoms. The fourth-order valence-corrected chi connectivity index (χ4v) is 0. The van der Waals surface area contributed by atoms with Crippen LogP contribution in [-0.2, 0) is 0 Å². The fourth-order valence-electron chi connectivity index (χ4n) is 0. The highest BCUT2D eigenvalue weighted by Crippen LogP contribution is 1.65. The van der Waals surface area contributed by atoms with Crippen molar-refractivity contribution in [3.63, 3.8) is 0 Å². The Kier molecular flexibility index (Phi) is 0.826. The Bertz CT molecular complexity index is 26.3. The molecule has 0 atom stereocenters. The molecule has 0 spiro atoms. The minimum absolute atomic E-state index is 0.0833. The van der Waals surface area contributed by atoms with Crippen molar-refractivity contribution in [1.29, 1.82) is 0 Å². The third kappa shape index (κ3) is 2.12. The van der Waals surface area contributed by atoms with Crippen molar-refractivity contribution in [1.82, 2.24) is 0 Å². The van der Waals surface area contributed by atoms with Gasteiger partial charge in [0.25, 0.3) is 0 Å². The van der Waals surface area contributed by atoms with Crippen molar-refractivity contribution < 1.29 is 5.11 Å². The van der Waals surface area contributed by atoms with Gasteiger partial charge in [-0.25, -0.2) is 0 Å². The number of hydrogen-bond donors (Lipinski definition) is 1. The molecule has 0 unspecified atom stereocenters. The van der Waals surface area contributed by atoms with Gasteiger partial charge in [0.1, 0.15) is 0 Å². The van der Waals surface area contributed by atoms with Crippen molar-refractivity contribution in [2.75, 3.05) is 0 Å². The number of allylic oxidation sites excluding steroid dienone is 1. The van der Waals surface area contributed by atoms with E-state index in [1.807, 2.05) is 0 Å². The standard InChI is InChI=1S/C3H5O/c1-3(2)4/h4H,1-2H2. The molecule has 0 aliphatic carbocycles. The first-order valence-corrected chi connectivity index (χ1v) is 0.931. The minimum atomic E-state index is -0.0833. The van der Waals surface area contributed by atoms with Crippen molar-refractivity contribution in [3.8, 4) is 0 Å². The second-order valence-electron chi connectivity index (χ2n) is 0.566. The molecule has 1 radical (unpaired) electrons. The second kappa shape index (κ2) is 0.934. The van der Waals surface area contributed by atoms with Gasteiger partial charge in [0.15, 0.2) is 0 Å². The van der Waals surface area contributed by atoms with Crippen LogP contribution in [0.2, 0.25) is 0 Å². The van der Waals surface area contributed by atoms with E-state index in [1.54, 1.807) is 0 Å². The molecular weight excluding hydrogens is 52.0 g/mol. The Morgan fingerprint density at radius 1 is 1.75 bits per heavy atom. The molecule has 0 aromatic rings. The lowest BCUT2D eigenvalue weighted by molar-refractivity contribution is 0.434. The monoisotopic (exact) mass is 57.0 g/mol. The predicted molar refractivity (Wildman–Crippen MR) is 17.1 cm³/mol. The number of aliphatic hydroxyl groups is 1. The quantitative estimate of drug-likeness (QED) is 0.409. The molecule has 23 valence electrons. The van der Waals surface area contributed by atoms with Crippen LogP contribution < -0.4 is 0 Å². The second-order valence-corrected chi connectivity index (χ2v) is 0.566. The summed E-state index contributed by atoms with van der Waals surface area (Å²) < 4.78 is 0. The third-order valence-corrected chi connectivity index (χ3v) is 0. The molecule has 1 N–H and O–H groups in total. The van der Waals surface area contributed by atoms with Crippen molar-refractivity contribution in [2.45, 2.75) is 0 Å². The summed E-state index contributed by atoms with van der Waals surface area (Å²) in [4.78, 5) is 0. The summed E-state index contributed by atoms with van der Waals surface area (Å²) >= 11 is 0. The maximum atomic E-state index is 7.75. The third-order valence-electron chi connectivity index (χ3n) is 0. The topological polar surface area (TPSA) is 20.2 Å². The van der Waals surface area contributed by atoms with E-state index < -0.39 is 0 Å². The minimum Gasteiger partial charge on any atom is -0.513 e. The van der Waals surface area contributed by atoms with Gasteiger partial charge < -0.3 is 5.11 Å². The summed E-state index contributed by atoms with van der Waals surface area (Å²) in [7, 11) is 0. The zero-order valence-electron chi connectivity index (χ0n) is 2.36. The van der Waals surface area contributed by atoms with Crippen LogP contribution in [0.4, 0.5) is 0 Å². The Labute approximate surface area is 25.6 Å². The van der Waals surface area contributed by atoms with Gasteiger partial charge in [-0.05, 0) is 0 Å². The SMILES string of the molecule is [CH2]C(=C)O. The average molecular weight is 57.1 g/mol. The van der Waals surface area contributed by atoms with Crippen LogP contribution in [0.15, 0.2) is 12.3 Å². The maximum absolute atomic E-state index is 7.75. The molecule has 0 amide bonds. The normalized spacial score (nSPS) is 6.25. The molecular formula is C3H5O. The Balaban J connectivity index is 2.80. The highest BCUT2D eigenvalue weighted by atomic mass is 16.3. The lowest BCUT2D eigenvalue weighted by Gasteiger charge is -1.68. The summed E-state index contributed by atoms with van der Waals surface area (Å²) in [6.45, 7) is 6.00. The van der Waals surface area contributed by atoms with Crippen LogP contribution >= 0.6 is 0 Å². The predicted octanol–water partition coefficient (Wildman–Crippen LogP) is 0.892. The molecule has 0 fully saturated rings. The van der Waals surface area contributed by atoms with Gasteiger partial charge >= 0.3 is 0 Å². The molecule has 0 saturated carbocycles. The summed E-state index contributed by atoms with van der Waals surface area (Å²) in [5.41, 5.74) is 0. The van der Waals surface area contributed by atoms with Gasteiger partial charge in [-0.3, -0.25) is 0 Å². The molecule has 0 heterocycles. The highest BCUT2D eigenvalue weighted by Gasteiger charge is 1.54. The highest BCUT2D eigenvalue weighted by molar-refractivity contribution is 4.80. The van der Waals surface area contributed by atoms with E-state index >= 15 is 0 Å². The van der Waals surface area contributed by atoms with E-state index in [0.717, 1.165) is 0 Å². The average Bonchev–Trinajstić information content (AvgIpc) is 0.811. The first-order chi connectivity index (χ1) is 1.73. The van der Waals surface area contributed by atoms with Crippen molar-refractivity contribution in [3.05, 3.63) is 19.3 Å². The lowest BCUT2D eigenvalue weighted by Crippen LogP contribution is -1.55. The van der Waals surface area contributed by atoms with E-state index in [2.05, 4.69) is 13.5 Å². The van der Waals surface area contributed by atoms with Gasteiger partial charge in [-0.2, -0.15) is 0 Å². The smallest absolute Gasteiger partial charge is 0.0855 e. The summed E-state index contributed by atoms with van der Waals surface area (Å²) in [6.07, 6.45) is 0. The zero-order valence-corrected chi connectivity index (χ0v) is 2.36. The summed E-state index contributed by atoms with van der Waals surface area (Å²) in [5.74, 6) is -0.0833. The van der Waals surface area contributed by atoms with Crippen molar-refractivity contribution >= 4 is 0 Å². The first kappa shape index (κ1) is 3.54. The molecule has 0 aromatic heterocycles. The Morgan fingerprint density at radius 2 is 1.75 bits per heavy atom. The molecule has 1 heteroatoms. The van der Waals surface area contributed by atoms with Gasteiger partial charge in [0.2, 0.25) is 0 Å². The molecule has 0 rings (SSSR count). The summed E-state index contributed by atoms with van der Waals surface area (Å²) in [5, 5.41) is 7.75. The van der Waals surface area contributed by atoms with Gasteiger partial charge in [-0.15, -0.1) is 0 Å². The van der Waals surface area contributed by atoms with Gasteiger partial charge in [0, 0.05) is 6.92 Å². The molecule has 1 nitrogen and oxygen atoms in total. The maximum Gasteiger partial charge on any atom is 0.0855 e. The van der Waals surface area contributed by atoms with Crippen LogP contribution in [0, 0.1) is 6.92 Å². The molecule has 0 aliphatic rings. The molecule has 0 aliphatic heterocycles. The van der Waals surface area contributed by atoms with E-state index in [1.165, 1.54) is 0 Å². The molecule has 4 heavy (non-hydrogen) atoms. The number of rotatable bonds is 0. The van der Waals surface area contributed by atoms with E-state index in [4.69, 9.17) is 5.11 Å². The number of hydrogen-bond acceptors (Lipinski definition) is 1. The summed E-state index contributed by atoms with van der Waals surface area (Å²) in [6, 6.07) is 0. The molecule has 0 aromatic carbocycles. The van der Waals surface area contributed by atoms with Crippen LogP contribution in [0.1, 0.15) is 0 Å². The first-order valence-electron chi connectivity index (χ1n) is 0.931. The van der Waals surface area contributed by atoms with Gasteiger partial charge in [0.05, 0.1) is 5.76 Å². The molecule has 0 saturated heterocycles. The van der Waals surface area contributed by atoms with Gasteiger partial charge in [-0.1, -0.05) is 6.58 Å². The Morgan fingerprint density at radius 3 is 1.75 bits per heavy atom. The number of aliphatic hydroxyl groups excluding tert-OH is 1. The largest absolute Gasteiger partial charge is 0.513 e.